The van der Waals surface area contributed by atoms with E-state index >= 15 is 0 Å². The number of aromatic nitrogens is 2. The smallest absolute Gasteiger partial charge is 0.756 e. The molecule has 15 nitrogen and oxygen atoms in total. The molecule has 3 N–H and O–H groups in total. The third kappa shape index (κ3) is 23.8. The van der Waals surface area contributed by atoms with Crippen LogP contribution >= 0.6 is 7.82 Å². The van der Waals surface area contributed by atoms with Crippen molar-refractivity contribution in [3.8, 4) is 6.07 Å². The van der Waals surface area contributed by atoms with Crippen LogP contribution in [0.5, 0.6) is 0 Å². The van der Waals surface area contributed by atoms with Gasteiger partial charge >= 0.3 is 47.2 Å². The van der Waals surface area contributed by atoms with Gasteiger partial charge < -0.3 is 39.0 Å². The Kier molecular flexibility index (Phi) is 30.7. The summed E-state index contributed by atoms with van der Waals surface area (Å²) in [5.74, 6) is -2.35. The number of phosphoric ester groups is 1. The van der Waals surface area contributed by atoms with Crippen molar-refractivity contribution in [3.63, 3.8) is 0 Å². The number of esters is 2. The summed E-state index contributed by atoms with van der Waals surface area (Å²) in [6, 6.07) is 3.18. The van der Waals surface area contributed by atoms with E-state index in [1.165, 1.54) is 102 Å². The molecule has 1 aromatic rings. The van der Waals surface area contributed by atoms with Crippen LogP contribution in [0.15, 0.2) is 17.1 Å². The molecule has 1 aliphatic heterocycles. The quantitative estimate of drug-likeness (QED) is 0.0419. The van der Waals surface area contributed by atoms with E-state index in [9.17, 15) is 34.2 Å². The summed E-state index contributed by atoms with van der Waals surface area (Å²) in [4.78, 5) is 54.0. The van der Waals surface area contributed by atoms with Crippen LogP contribution in [-0.2, 0) is 37.4 Å². The molecule has 1 aromatic heterocycles. The van der Waals surface area contributed by atoms with Crippen molar-refractivity contribution >= 4 is 25.6 Å². The largest absolute Gasteiger partial charge is 1.00 e. The number of phosphoric acid groups is 1. The number of nitrogens with two attached hydrogens (primary N) is 1. The second-order valence-corrected chi connectivity index (χ2v) is 16.6. The monoisotopic (exact) mass is 848 g/mol. The number of nitrogens with zero attached hydrogens (tertiary/aromatic N) is 3. The van der Waals surface area contributed by atoms with Crippen LogP contribution in [0, 0.1) is 17.2 Å². The topological polar surface area (TPSA) is 225 Å². The number of anilines is 1. The Morgan fingerprint density at radius 3 is 1.83 bits per heavy atom. The minimum Gasteiger partial charge on any atom is -0.756 e. The van der Waals surface area contributed by atoms with E-state index < -0.39 is 75.7 Å². The number of nitrogen functional groups attached to an aromatic ring is 1. The number of hydrogen-bond donors (Lipinski definition) is 2. The van der Waals surface area contributed by atoms with Crippen molar-refractivity contribution in [2.75, 3.05) is 25.6 Å². The molecule has 0 spiro atoms. The van der Waals surface area contributed by atoms with Crippen LogP contribution in [0.2, 0.25) is 0 Å². The maximum absolute atomic E-state index is 12.8. The van der Waals surface area contributed by atoms with Crippen molar-refractivity contribution in [1.29, 1.82) is 5.26 Å². The summed E-state index contributed by atoms with van der Waals surface area (Å²) in [5.41, 5.74) is 4.71. The first-order valence-corrected chi connectivity index (χ1v) is 23.0. The fourth-order valence-electron chi connectivity index (χ4n) is 6.74. The predicted octanol–water partition coefficient (Wildman–Crippen LogP) is 4.59. The summed E-state index contributed by atoms with van der Waals surface area (Å²) in [6.07, 6.45) is 21.1. The molecule has 326 valence electrons. The van der Waals surface area contributed by atoms with E-state index in [-0.39, 0.29) is 48.2 Å². The van der Waals surface area contributed by atoms with Crippen molar-refractivity contribution in [2.24, 2.45) is 5.92 Å². The van der Waals surface area contributed by atoms with Gasteiger partial charge in [-0.1, -0.05) is 142 Å². The average Bonchev–Trinajstić information content (AvgIpc) is 3.50. The van der Waals surface area contributed by atoms with Crippen molar-refractivity contribution in [2.45, 2.75) is 192 Å². The van der Waals surface area contributed by atoms with Gasteiger partial charge in [-0.15, -0.1) is 0 Å². The predicted molar refractivity (Wildman–Crippen MR) is 214 cm³/mol. The molecule has 17 heteroatoms. The molecule has 0 aromatic carbocycles. The summed E-state index contributed by atoms with van der Waals surface area (Å²) in [7, 11) is -5.09. The summed E-state index contributed by atoms with van der Waals surface area (Å²) in [5, 5.41) is 20.3. The Labute approximate surface area is 368 Å². The Balaban J connectivity index is 0.0000168. The van der Waals surface area contributed by atoms with E-state index in [0.717, 1.165) is 43.1 Å². The number of hydrogen-bond acceptors (Lipinski definition) is 14. The van der Waals surface area contributed by atoms with Gasteiger partial charge in [-0.05, 0) is 18.9 Å². The van der Waals surface area contributed by atoms with Gasteiger partial charge in [0.05, 0.1) is 19.3 Å². The molecule has 2 unspecified atom stereocenters. The van der Waals surface area contributed by atoms with E-state index in [0.29, 0.717) is 12.8 Å². The number of unbranched alkanes of at least 4 members (excludes halogenated alkanes) is 20. The Bertz CT molecular complexity index is 1410. The van der Waals surface area contributed by atoms with Crippen LogP contribution in [-0.4, -0.2) is 64.7 Å². The number of aliphatic hydroxyl groups excluding tert-OH is 1. The third-order valence-electron chi connectivity index (χ3n) is 10.2. The van der Waals surface area contributed by atoms with E-state index in [1.54, 1.807) is 0 Å². The van der Waals surface area contributed by atoms with Crippen LogP contribution in [0.1, 0.15) is 174 Å². The summed E-state index contributed by atoms with van der Waals surface area (Å²) < 4.78 is 40.3. The molecule has 6 atom stereocenters. The number of ether oxygens (including phenoxy) is 3. The van der Waals surface area contributed by atoms with Crippen molar-refractivity contribution < 1.29 is 77.0 Å². The van der Waals surface area contributed by atoms with Gasteiger partial charge in [-0.3, -0.25) is 18.7 Å². The summed E-state index contributed by atoms with van der Waals surface area (Å²) >= 11 is 0. The fourth-order valence-corrected chi connectivity index (χ4v) is 7.50. The van der Waals surface area contributed by atoms with Gasteiger partial charge in [0.1, 0.15) is 30.6 Å². The molecule has 1 fully saturated rings. The molecule has 0 saturated carbocycles. The van der Waals surface area contributed by atoms with E-state index in [1.807, 2.05) is 6.07 Å². The van der Waals surface area contributed by atoms with E-state index in [2.05, 4.69) is 18.8 Å². The molecule has 58 heavy (non-hydrogen) atoms. The van der Waals surface area contributed by atoms with Crippen LogP contribution in [0.3, 0.4) is 0 Å². The zero-order valence-corrected chi connectivity index (χ0v) is 38.4. The SMILES string of the molecule is CCCCCCCCCCCCCC(=O)OCC(COP(=O)([O-])OC[C@H]1O[C@@H](n2ccc(N)nc2=O)[C@@H](C#N)[C@@H]1O)OC(=O)CCCCCCCCCCCCC.[Na+]. The maximum atomic E-state index is 12.8. The van der Waals surface area contributed by atoms with Gasteiger partial charge in [0.15, 0.2) is 12.3 Å². The number of rotatable bonds is 34. The van der Waals surface area contributed by atoms with Crippen LogP contribution in [0.25, 0.3) is 0 Å². The number of carbonyl (C=O) groups is 2. The molecule has 0 amide bonds. The fraction of sp³-hybridized carbons (Fsp3) is 0.829. The Morgan fingerprint density at radius 1 is 0.862 bits per heavy atom. The second kappa shape index (κ2) is 32.9. The molecule has 2 rings (SSSR count). The number of nitriles is 1. The maximum Gasteiger partial charge on any atom is 1.00 e. The van der Waals surface area contributed by atoms with Crippen molar-refractivity contribution in [1.82, 2.24) is 9.55 Å². The summed E-state index contributed by atoms with van der Waals surface area (Å²) in [6.45, 7) is 2.59. The number of carbonyl (C=O) groups excluding carboxylic acids is 2. The molecular formula is C41H70N4NaO11P. The third-order valence-corrected chi connectivity index (χ3v) is 11.1. The van der Waals surface area contributed by atoms with Crippen LogP contribution < -0.4 is 45.9 Å². The minimum absolute atomic E-state index is 0. The standard InChI is InChI=1S/C41H71N4O11P.Na/c1-3-5-7-9-11-13-15-17-19-21-23-25-37(46)52-30-33(55-38(47)26-24-22-20-18-16-14-12-10-8-6-4-2)31-53-57(50,51)54-32-35-39(48)34(29-42)40(56-35)45-28-27-36(43)44-41(45)49;/h27-28,33-35,39-40,48H,3-26,30-32H2,1-2H3,(H,50,51)(H2,43,44,49);/q;+1/p-1/t33?,34-,35+,39-,40+;/m0./s1. The Hall–Kier alpha value is -1.86. The first kappa shape index (κ1) is 54.2. The molecular weight excluding hydrogens is 778 g/mol. The molecule has 1 aliphatic rings. The van der Waals surface area contributed by atoms with Gasteiger partial charge in [-0.2, -0.15) is 10.2 Å². The van der Waals surface area contributed by atoms with Crippen LogP contribution in [0.4, 0.5) is 5.82 Å². The number of aliphatic hydroxyl groups is 1. The second-order valence-electron chi connectivity index (χ2n) is 15.2. The average molecular weight is 849 g/mol. The molecule has 0 radical (unpaired) electrons. The van der Waals surface area contributed by atoms with Gasteiger partial charge in [0.2, 0.25) is 0 Å². The van der Waals surface area contributed by atoms with Gasteiger partial charge in [-0.25, -0.2) is 4.79 Å². The van der Waals surface area contributed by atoms with Gasteiger partial charge in [0, 0.05) is 19.0 Å². The molecule has 2 heterocycles. The Morgan fingerprint density at radius 2 is 1.34 bits per heavy atom. The zero-order valence-electron chi connectivity index (χ0n) is 35.5. The first-order chi connectivity index (χ1) is 27.5. The normalized spacial score (nSPS) is 19.2. The van der Waals surface area contributed by atoms with E-state index in [4.69, 9.17) is 29.0 Å². The van der Waals surface area contributed by atoms with Gasteiger partial charge in [0.25, 0.3) is 7.82 Å². The molecule has 0 bridgehead atoms. The minimum atomic E-state index is -5.09. The van der Waals surface area contributed by atoms with Crippen molar-refractivity contribution in [3.05, 3.63) is 22.7 Å². The molecule has 0 aliphatic carbocycles. The molecule has 1 saturated heterocycles. The first-order valence-electron chi connectivity index (χ1n) is 21.5. The zero-order chi connectivity index (χ0) is 41.7.